The quantitative estimate of drug-likeness (QED) is 0.736. The Morgan fingerprint density at radius 2 is 1.04 bits per heavy atom. The lowest BCUT2D eigenvalue weighted by molar-refractivity contribution is -0.114. The summed E-state index contributed by atoms with van der Waals surface area (Å²) >= 11 is 0. The molecule has 0 spiro atoms. The number of allylic oxidation sites excluding steroid dienone is 2. The van der Waals surface area contributed by atoms with Crippen molar-refractivity contribution in [2.75, 3.05) is 0 Å². The fraction of sp³-hybridized carbons (Fsp3) is 0.684. The van der Waals surface area contributed by atoms with Crippen molar-refractivity contribution in [2.45, 2.75) is 70.6 Å². The Labute approximate surface area is 139 Å². The monoisotopic (exact) mass is 318 g/mol. The van der Waals surface area contributed by atoms with Crippen molar-refractivity contribution in [3.8, 4) is 0 Å². The molecule has 4 nitrogen and oxygen atoms in total. The van der Waals surface area contributed by atoms with Gasteiger partial charge in [-0.2, -0.15) is 0 Å². The van der Waals surface area contributed by atoms with E-state index in [1.54, 1.807) is 0 Å². The van der Waals surface area contributed by atoms with Gasteiger partial charge in [0, 0.05) is 17.6 Å². The highest BCUT2D eigenvalue weighted by atomic mass is 16.1. The summed E-state index contributed by atoms with van der Waals surface area (Å²) in [5.74, 6) is -0.0251. The molecule has 2 amide bonds. The van der Waals surface area contributed by atoms with Gasteiger partial charge in [0.1, 0.15) is 0 Å². The van der Waals surface area contributed by atoms with Crippen molar-refractivity contribution in [3.63, 3.8) is 0 Å². The lowest BCUT2D eigenvalue weighted by Gasteiger charge is -2.21. The van der Waals surface area contributed by atoms with E-state index >= 15 is 0 Å². The molecule has 0 radical (unpaired) electrons. The van der Waals surface area contributed by atoms with E-state index in [2.05, 4.69) is 0 Å². The van der Waals surface area contributed by atoms with Crippen molar-refractivity contribution in [3.05, 3.63) is 23.3 Å². The van der Waals surface area contributed by atoms with Crippen LogP contribution in [-0.2, 0) is 9.59 Å². The molecule has 0 saturated heterocycles. The molecule has 128 valence electrons. The molecule has 0 aromatic carbocycles. The number of amides is 2. The second kappa shape index (κ2) is 8.90. The zero-order valence-electron chi connectivity index (χ0n) is 14.1. The Bertz CT molecular complexity index is 438. The van der Waals surface area contributed by atoms with Gasteiger partial charge < -0.3 is 11.5 Å². The smallest absolute Gasteiger partial charge is 0.244 e. The molecule has 0 aromatic heterocycles. The number of hydrogen-bond acceptors (Lipinski definition) is 2. The molecule has 0 aromatic rings. The van der Waals surface area contributed by atoms with Crippen LogP contribution in [0.4, 0.5) is 0 Å². The molecule has 0 bridgehead atoms. The fourth-order valence-electron chi connectivity index (χ4n) is 3.83. The third kappa shape index (κ3) is 5.85. The number of nitrogens with two attached hydrogens (primary N) is 2. The third-order valence-electron chi connectivity index (χ3n) is 5.19. The number of primary amides is 2. The second-order valence-electron chi connectivity index (χ2n) is 7.09. The predicted octanol–water partition coefficient (Wildman–Crippen LogP) is 3.36. The van der Waals surface area contributed by atoms with Crippen LogP contribution in [0, 0.1) is 11.8 Å². The highest BCUT2D eigenvalue weighted by Crippen LogP contribution is 2.29. The summed E-state index contributed by atoms with van der Waals surface area (Å²) in [4.78, 5) is 23.6. The van der Waals surface area contributed by atoms with E-state index < -0.39 is 11.8 Å². The van der Waals surface area contributed by atoms with Gasteiger partial charge in [0.15, 0.2) is 0 Å². The SMILES string of the molecule is NC(=O)C(=CC1CCCCC1)CC(=CC1CCCCC1)C(N)=O. The van der Waals surface area contributed by atoms with E-state index in [0.29, 0.717) is 23.0 Å². The van der Waals surface area contributed by atoms with Gasteiger partial charge in [-0.3, -0.25) is 9.59 Å². The van der Waals surface area contributed by atoms with Gasteiger partial charge in [-0.25, -0.2) is 0 Å². The normalized spacial score (nSPS) is 22.1. The minimum Gasteiger partial charge on any atom is -0.366 e. The minimum atomic E-state index is -0.425. The Morgan fingerprint density at radius 3 is 1.35 bits per heavy atom. The topological polar surface area (TPSA) is 86.2 Å². The number of rotatable bonds is 6. The number of carbonyl (C=O) groups excluding carboxylic acids is 2. The van der Waals surface area contributed by atoms with Crippen LogP contribution in [-0.4, -0.2) is 11.8 Å². The molecule has 4 N–H and O–H groups in total. The first-order valence-corrected chi connectivity index (χ1v) is 9.07. The maximum Gasteiger partial charge on any atom is 0.244 e. The maximum absolute atomic E-state index is 11.8. The zero-order chi connectivity index (χ0) is 16.7. The zero-order valence-corrected chi connectivity index (χ0v) is 14.1. The van der Waals surface area contributed by atoms with Crippen LogP contribution in [0.1, 0.15) is 70.6 Å². The summed E-state index contributed by atoms with van der Waals surface area (Å²) < 4.78 is 0. The summed E-state index contributed by atoms with van der Waals surface area (Å²) in [6, 6.07) is 0. The highest BCUT2D eigenvalue weighted by molar-refractivity contribution is 5.97. The summed E-state index contributed by atoms with van der Waals surface area (Å²) in [5.41, 5.74) is 12.2. The van der Waals surface area contributed by atoms with Gasteiger partial charge in [-0.1, -0.05) is 50.7 Å². The first-order chi connectivity index (χ1) is 11.1. The molecular weight excluding hydrogens is 288 g/mol. The van der Waals surface area contributed by atoms with Crippen LogP contribution < -0.4 is 11.5 Å². The third-order valence-corrected chi connectivity index (χ3v) is 5.19. The van der Waals surface area contributed by atoms with Crippen LogP contribution in [0.25, 0.3) is 0 Å². The molecule has 4 heteroatoms. The Hall–Kier alpha value is -1.58. The molecule has 0 atom stereocenters. The average Bonchev–Trinajstić information content (AvgIpc) is 2.55. The summed E-state index contributed by atoms with van der Waals surface area (Å²) in [6.07, 6.45) is 16.1. The van der Waals surface area contributed by atoms with Crippen molar-refractivity contribution < 1.29 is 9.59 Å². The van der Waals surface area contributed by atoms with E-state index in [1.807, 2.05) is 12.2 Å². The molecule has 0 heterocycles. The standard InChI is InChI=1S/C19H30N2O2/c20-18(22)16(11-14-7-3-1-4-8-14)13-17(19(21)23)12-15-9-5-2-6-10-15/h11-12,14-15H,1-10,13H2,(H2,20,22)(H2,21,23). The van der Waals surface area contributed by atoms with Gasteiger partial charge >= 0.3 is 0 Å². The largest absolute Gasteiger partial charge is 0.366 e. The van der Waals surface area contributed by atoms with Gasteiger partial charge in [-0.15, -0.1) is 0 Å². The molecule has 2 aliphatic rings. The van der Waals surface area contributed by atoms with Crippen LogP contribution in [0.3, 0.4) is 0 Å². The lowest BCUT2D eigenvalue weighted by Crippen LogP contribution is -2.21. The first kappa shape index (κ1) is 17.8. The van der Waals surface area contributed by atoms with Crippen LogP contribution in [0.5, 0.6) is 0 Å². The minimum absolute atomic E-state index is 0.289. The van der Waals surface area contributed by atoms with E-state index in [9.17, 15) is 9.59 Å². The molecule has 2 saturated carbocycles. The Kier molecular flexibility index (Phi) is 6.87. The number of hydrogen-bond donors (Lipinski definition) is 2. The van der Waals surface area contributed by atoms with Crippen molar-refractivity contribution >= 4 is 11.8 Å². The van der Waals surface area contributed by atoms with Crippen molar-refractivity contribution in [1.29, 1.82) is 0 Å². The molecule has 23 heavy (non-hydrogen) atoms. The number of carbonyl (C=O) groups is 2. The van der Waals surface area contributed by atoms with Crippen molar-refractivity contribution in [1.82, 2.24) is 0 Å². The van der Waals surface area contributed by atoms with Gasteiger partial charge in [-0.05, 0) is 37.5 Å². The maximum atomic E-state index is 11.8. The molecule has 2 rings (SSSR count). The highest BCUT2D eigenvalue weighted by Gasteiger charge is 2.19. The Morgan fingerprint density at radius 1 is 0.696 bits per heavy atom. The molecule has 0 aliphatic heterocycles. The molecule has 2 aliphatic carbocycles. The summed E-state index contributed by atoms with van der Waals surface area (Å²) in [6.45, 7) is 0. The van der Waals surface area contributed by atoms with E-state index in [-0.39, 0.29) is 6.42 Å². The average molecular weight is 318 g/mol. The molecule has 2 fully saturated rings. The van der Waals surface area contributed by atoms with Gasteiger partial charge in [0.2, 0.25) is 11.8 Å². The summed E-state index contributed by atoms with van der Waals surface area (Å²) in [5, 5.41) is 0. The van der Waals surface area contributed by atoms with Crippen LogP contribution >= 0.6 is 0 Å². The fourth-order valence-corrected chi connectivity index (χ4v) is 3.83. The summed E-state index contributed by atoms with van der Waals surface area (Å²) in [7, 11) is 0. The van der Waals surface area contributed by atoms with E-state index in [4.69, 9.17) is 11.5 Å². The molecule has 0 unspecified atom stereocenters. The molecular formula is C19H30N2O2. The van der Waals surface area contributed by atoms with Gasteiger partial charge in [0.25, 0.3) is 0 Å². The van der Waals surface area contributed by atoms with E-state index in [0.717, 1.165) is 25.7 Å². The van der Waals surface area contributed by atoms with Gasteiger partial charge in [0.05, 0.1) is 0 Å². The predicted molar refractivity (Wildman–Crippen MR) is 92.3 cm³/mol. The van der Waals surface area contributed by atoms with Crippen LogP contribution in [0.15, 0.2) is 23.3 Å². The van der Waals surface area contributed by atoms with Crippen molar-refractivity contribution in [2.24, 2.45) is 23.3 Å². The lowest BCUT2D eigenvalue weighted by atomic mass is 9.85. The van der Waals surface area contributed by atoms with E-state index in [1.165, 1.54) is 38.5 Å². The second-order valence-corrected chi connectivity index (χ2v) is 7.09. The Balaban J connectivity index is 2.10. The first-order valence-electron chi connectivity index (χ1n) is 9.07. The van der Waals surface area contributed by atoms with Crippen LogP contribution in [0.2, 0.25) is 0 Å².